The van der Waals surface area contributed by atoms with Gasteiger partial charge in [0.05, 0.1) is 11.2 Å². The Morgan fingerprint density at radius 2 is 2.10 bits per heavy atom. The number of rotatable bonds is 3. The lowest BCUT2D eigenvalue weighted by Crippen LogP contribution is -2.37. The molecule has 0 amide bonds. The number of nitrogens with zero attached hydrogens (tertiary/aromatic N) is 1. The topological polar surface area (TPSA) is 77.1 Å². The van der Waals surface area contributed by atoms with Crippen molar-refractivity contribution < 1.29 is 14.7 Å². The summed E-state index contributed by atoms with van der Waals surface area (Å²) in [6.07, 6.45) is 0.582. The Kier molecular flexibility index (Phi) is 4.08. The smallest absolute Gasteiger partial charge is 0.173 e. The Labute approximate surface area is 129 Å². The number of hydrogen-bond acceptors (Lipinski definition) is 4. The van der Waals surface area contributed by atoms with E-state index in [4.69, 9.17) is 32.0 Å². The van der Waals surface area contributed by atoms with Crippen molar-refractivity contribution >= 4 is 17.4 Å². The normalized spacial score (nSPS) is 24.0. The second-order valence-electron chi connectivity index (χ2n) is 6.40. The SMILES string of the molecule is CC1(C)CC(Oc2cc(Cl)ccc2/C(N)=N/O)C(C)(C)O1. The van der Waals surface area contributed by atoms with E-state index < -0.39 is 5.60 Å². The molecule has 116 valence electrons. The van der Waals surface area contributed by atoms with Crippen LogP contribution in [0.5, 0.6) is 5.75 Å². The predicted octanol–water partition coefficient (Wildman–Crippen LogP) is 3.16. The lowest BCUT2D eigenvalue weighted by molar-refractivity contribution is -0.0846. The standard InChI is InChI=1S/C15H21ClN2O3/c1-14(2)8-12(15(3,4)21-14)20-11-7-9(16)5-6-10(11)13(17)18-19/h5-7,12,19H,8H2,1-4H3,(H2,17,18). The minimum atomic E-state index is -0.436. The lowest BCUT2D eigenvalue weighted by atomic mass is 9.97. The molecule has 1 aromatic rings. The molecular formula is C15H21ClN2O3. The summed E-state index contributed by atoms with van der Waals surface area (Å²) >= 11 is 6.02. The minimum Gasteiger partial charge on any atom is -0.486 e. The molecule has 5 nitrogen and oxygen atoms in total. The Morgan fingerprint density at radius 3 is 2.62 bits per heavy atom. The first-order valence-corrected chi connectivity index (χ1v) is 7.17. The molecule has 2 rings (SSSR count). The quantitative estimate of drug-likeness (QED) is 0.389. The Hall–Kier alpha value is -1.46. The first-order chi connectivity index (χ1) is 9.64. The summed E-state index contributed by atoms with van der Waals surface area (Å²) in [7, 11) is 0. The number of amidine groups is 1. The maximum absolute atomic E-state index is 8.88. The van der Waals surface area contributed by atoms with Crippen molar-refractivity contribution in [2.75, 3.05) is 0 Å². The van der Waals surface area contributed by atoms with Crippen LogP contribution in [0.1, 0.15) is 39.7 Å². The summed E-state index contributed by atoms with van der Waals surface area (Å²) in [5.74, 6) is 0.467. The predicted molar refractivity (Wildman–Crippen MR) is 82.2 cm³/mol. The second-order valence-corrected chi connectivity index (χ2v) is 6.84. The van der Waals surface area contributed by atoms with Gasteiger partial charge >= 0.3 is 0 Å². The van der Waals surface area contributed by atoms with Crippen molar-refractivity contribution in [3.05, 3.63) is 28.8 Å². The van der Waals surface area contributed by atoms with Crippen LogP contribution in [0.4, 0.5) is 0 Å². The second kappa shape index (κ2) is 5.39. The fourth-order valence-electron chi connectivity index (χ4n) is 2.71. The van der Waals surface area contributed by atoms with Gasteiger partial charge in [-0.2, -0.15) is 0 Å². The summed E-state index contributed by atoms with van der Waals surface area (Å²) in [6.45, 7) is 8.03. The van der Waals surface area contributed by atoms with Crippen LogP contribution in [0.25, 0.3) is 0 Å². The summed E-state index contributed by atoms with van der Waals surface area (Å²) in [4.78, 5) is 0. The van der Waals surface area contributed by atoms with E-state index in [-0.39, 0.29) is 17.5 Å². The molecule has 0 radical (unpaired) electrons. The van der Waals surface area contributed by atoms with Gasteiger partial charge in [-0.25, -0.2) is 0 Å². The van der Waals surface area contributed by atoms with E-state index in [0.29, 0.717) is 16.3 Å². The summed E-state index contributed by atoms with van der Waals surface area (Å²) in [6, 6.07) is 5.00. The van der Waals surface area contributed by atoms with E-state index in [0.717, 1.165) is 6.42 Å². The number of nitrogens with two attached hydrogens (primary N) is 1. The molecule has 1 unspecified atom stereocenters. The lowest BCUT2D eigenvalue weighted by Gasteiger charge is -2.28. The minimum absolute atomic E-state index is 0.0161. The number of halogens is 1. The average molecular weight is 313 g/mol. The van der Waals surface area contributed by atoms with Gasteiger partial charge in [0.1, 0.15) is 17.5 Å². The third kappa shape index (κ3) is 3.41. The fourth-order valence-corrected chi connectivity index (χ4v) is 2.87. The maximum Gasteiger partial charge on any atom is 0.173 e. The van der Waals surface area contributed by atoms with E-state index in [2.05, 4.69) is 5.16 Å². The van der Waals surface area contributed by atoms with Gasteiger partial charge in [-0.1, -0.05) is 16.8 Å². The van der Waals surface area contributed by atoms with Crippen LogP contribution < -0.4 is 10.5 Å². The van der Waals surface area contributed by atoms with Gasteiger partial charge in [0, 0.05) is 11.4 Å². The molecule has 3 N–H and O–H groups in total. The van der Waals surface area contributed by atoms with E-state index in [1.54, 1.807) is 18.2 Å². The fraction of sp³-hybridized carbons (Fsp3) is 0.533. The zero-order chi connectivity index (χ0) is 15.8. The molecular weight excluding hydrogens is 292 g/mol. The van der Waals surface area contributed by atoms with Crippen LogP contribution in [-0.2, 0) is 4.74 Å². The van der Waals surface area contributed by atoms with E-state index >= 15 is 0 Å². The van der Waals surface area contributed by atoms with Gasteiger partial charge in [-0.05, 0) is 45.9 Å². The third-order valence-electron chi connectivity index (χ3n) is 3.59. The van der Waals surface area contributed by atoms with Crippen LogP contribution in [0.3, 0.4) is 0 Å². The van der Waals surface area contributed by atoms with Gasteiger partial charge in [-0.15, -0.1) is 0 Å². The number of benzene rings is 1. The maximum atomic E-state index is 8.88. The molecule has 21 heavy (non-hydrogen) atoms. The molecule has 1 fully saturated rings. The molecule has 0 aromatic heterocycles. The number of ether oxygens (including phenoxy) is 2. The molecule has 1 saturated heterocycles. The Balaban J connectivity index is 2.33. The monoisotopic (exact) mass is 312 g/mol. The van der Waals surface area contributed by atoms with Crippen molar-refractivity contribution in [2.45, 2.75) is 51.4 Å². The van der Waals surface area contributed by atoms with Gasteiger partial charge in [0.2, 0.25) is 0 Å². The van der Waals surface area contributed by atoms with Crippen molar-refractivity contribution in [2.24, 2.45) is 10.9 Å². The van der Waals surface area contributed by atoms with Crippen molar-refractivity contribution in [1.82, 2.24) is 0 Å². The van der Waals surface area contributed by atoms with Crippen LogP contribution in [0.15, 0.2) is 23.4 Å². The molecule has 0 aliphatic carbocycles. The van der Waals surface area contributed by atoms with Crippen molar-refractivity contribution in [1.29, 1.82) is 0 Å². The van der Waals surface area contributed by atoms with Crippen LogP contribution in [0.2, 0.25) is 5.02 Å². The molecule has 1 aliphatic rings. The summed E-state index contributed by atoms with van der Waals surface area (Å²) in [5, 5.41) is 12.4. The average Bonchev–Trinajstić information content (AvgIpc) is 2.56. The van der Waals surface area contributed by atoms with E-state index in [1.807, 2.05) is 27.7 Å². The van der Waals surface area contributed by atoms with Gasteiger partial charge in [0.25, 0.3) is 0 Å². The zero-order valence-electron chi connectivity index (χ0n) is 12.7. The van der Waals surface area contributed by atoms with E-state index in [1.165, 1.54) is 0 Å². The van der Waals surface area contributed by atoms with Crippen molar-refractivity contribution in [3.63, 3.8) is 0 Å². The van der Waals surface area contributed by atoms with Crippen molar-refractivity contribution in [3.8, 4) is 5.75 Å². The van der Waals surface area contributed by atoms with Crippen LogP contribution >= 0.6 is 11.6 Å². The molecule has 0 spiro atoms. The first-order valence-electron chi connectivity index (χ1n) is 6.79. The van der Waals surface area contributed by atoms with E-state index in [9.17, 15) is 0 Å². The zero-order valence-corrected chi connectivity index (χ0v) is 13.4. The van der Waals surface area contributed by atoms with Gasteiger partial charge < -0.3 is 20.4 Å². The number of oxime groups is 1. The van der Waals surface area contributed by atoms with Gasteiger partial charge in [-0.3, -0.25) is 0 Å². The molecule has 0 saturated carbocycles. The molecule has 1 aliphatic heterocycles. The molecule has 1 atom stereocenters. The summed E-state index contributed by atoms with van der Waals surface area (Å²) < 4.78 is 12.1. The highest BCUT2D eigenvalue weighted by Crippen LogP contribution is 2.40. The first kappa shape index (κ1) is 15.9. The molecule has 1 heterocycles. The Morgan fingerprint density at radius 1 is 1.43 bits per heavy atom. The Bertz CT molecular complexity index is 570. The summed E-state index contributed by atoms with van der Waals surface area (Å²) in [5.41, 5.74) is 5.49. The largest absolute Gasteiger partial charge is 0.486 e. The van der Waals surface area contributed by atoms with Crippen LogP contribution in [-0.4, -0.2) is 28.3 Å². The molecule has 1 aromatic carbocycles. The number of hydrogen-bond donors (Lipinski definition) is 2. The third-order valence-corrected chi connectivity index (χ3v) is 3.82. The van der Waals surface area contributed by atoms with Gasteiger partial charge in [0.15, 0.2) is 5.84 Å². The molecule has 0 bridgehead atoms. The highest BCUT2D eigenvalue weighted by Gasteiger charge is 2.47. The van der Waals surface area contributed by atoms with Crippen LogP contribution in [0, 0.1) is 0 Å². The highest BCUT2D eigenvalue weighted by molar-refractivity contribution is 6.30. The highest BCUT2D eigenvalue weighted by atomic mass is 35.5. The molecule has 6 heteroatoms.